The van der Waals surface area contributed by atoms with Gasteiger partial charge in [-0.25, -0.2) is 9.18 Å². The summed E-state index contributed by atoms with van der Waals surface area (Å²) in [6.07, 6.45) is 5.24. The number of allylic oxidation sites excluding steroid dienone is 1. The number of nitrogens with zero attached hydrogens (tertiary/aromatic N) is 1. The van der Waals surface area contributed by atoms with Gasteiger partial charge in [-0.2, -0.15) is 0 Å². The van der Waals surface area contributed by atoms with Crippen molar-refractivity contribution in [3.8, 4) is 0 Å². The number of esters is 1. The van der Waals surface area contributed by atoms with Crippen molar-refractivity contribution in [1.29, 1.82) is 0 Å². The van der Waals surface area contributed by atoms with E-state index in [1.807, 2.05) is 0 Å². The Morgan fingerprint density at radius 1 is 1.36 bits per heavy atom. The Kier molecular flexibility index (Phi) is 4.95. The molecule has 0 unspecified atom stereocenters. The Morgan fingerprint density at radius 2 is 2.04 bits per heavy atom. The first-order chi connectivity index (χ1) is 12.0. The number of rotatable bonds is 3. The van der Waals surface area contributed by atoms with Crippen molar-refractivity contribution in [2.24, 2.45) is 0 Å². The minimum absolute atomic E-state index is 0.0640. The molecule has 1 aromatic carbocycles. The lowest BCUT2D eigenvalue weighted by Gasteiger charge is -2.25. The highest BCUT2D eigenvalue weighted by atomic mass is 35.5. The second-order valence-corrected chi connectivity index (χ2v) is 6.67. The molecule has 0 saturated heterocycles. The molecular formula is C19H19ClFNO3. The van der Waals surface area contributed by atoms with E-state index in [4.69, 9.17) is 16.3 Å². The van der Waals surface area contributed by atoms with E-state index in [2.05, 4.69) is 0 Å². The van der Waals surface area contributed by atoms with Crippen molar-refractivity contribution in [1.82, 2.24) is 4.90 Å². The number of methoxy groups -OCH3 is 1. The molecular weight excluding hydrogens is 345 g/mol. The van der Waals surface area contributed by atoms with Crippen LogP contribution in [0.25, 0.3) is 6.08 Å². The van der Waals surface area contributed by atoms with Crippen LogP contribution in [0.1, 0.15) is 38.2 Å². The number of halogens is 2. The zero-order valence-corrected chi connectivity index (χ0v) is 14.9. The zero-order chi connectivity index (χ0) is 18.1. The minimum atomic E-state index is -0.606. The Hall–Kier alpha value is -2.14. The maximum atomic E-state index is 14.2. The van der Waals surface area contributed by atoms with Gasteiger partial charge in [0.25, 0.3) is 5.91 Å². The topological polar surface area (TPSA) is 46.6 Å². The summed E-state index contributed by atoms with van der Waals surface area (Å²) in [6.45, 7) is 1.73. The molecule has 0 atom stereocenters. The molecule has 132 valence electrons. The van der Waals surface area contributed by atoms with Crippen molar-refractivity contribution in [2.75, 3.05) is 7.11 Å². The van der Waals surface area contributed by atoms with Gasteiger partial charge < -0.3 is 9.64 Å². The molecule has 1 amide bonds. The molecule has 3 rings (SSSR count). The third kappa shape index (κ3) is 3.09. The highest BCUT2D eigenvalue weighted by Gasteiger charge is 2.41. The number of hydrogen-bond donors (Lipinski definition) is 0. The van der Waals surface area contributed by atoms with Crippen molar-refractivity contribution in [3.63, 3.8) is 0 Å². The van der Waals surface area contributed by atoms with Crippen LogP contribution in [0.15, 0.2) is 35.0 Å². The average Bonchev–Trinajstić information content (AvgIpc) is 3.17. The van der Waals surface area contributed by atoms with Crippen molar-refractivity contribution < 1.29 is 18.7 Å². The predicted molar refractivity (Wildman–Crippen MR) is 93.2 cm³/mol. The maximum Gasteiger partial charge on any atom is 0.340 e. The van der Waals surface area contributed by atoms with Gasteiger partial charge >= 0.3 is 5.97 Å². The summed E-state index contributed by atoms with van der Waals surface area (Å²) >= 11 is 6.07. The normalized spacial score (nSPS) is 20.1. The van der Waals surface area contributed by atoms with Gasteiger partial charge in [0, 0.05) is 17.3 Å². The maximum absolute atomic E-state index is 14.2. The van der Waals surface area contributed by atoms with Crippen LogP contribution >= 0.6 is 11.6 Å². The highest BCUT2D eigenvalue weighted by molar-refractivity contribution is 6.32. The lowest BCUT2D eigenvalue weighted by Crippen LogP contribution is -2.34. The van der Waals surface area contributed by atoms with E-state index in [1.165, 1.54) is 25.3 Å². The minimum Gasteiger partial charge on any atom is -0.465 e. The number of ether oxygens (including phenoxy) is 1. The van der Waals surface area contributed by atoms with Gasteiger partial charge in [-0.1, -0.05) is 30.5 Å². The second kappa shape index (κ2) is 7.00. The van der Waals surface area contributed by atoms with Gasteiger partial charge in [-0.15, -0.1) is 0 Å². The van der Waals surface area contributed by atoms with Crippen molar-refractivity contribution in [2.45, 2.75) is 38.6 Å². The van der Waals surface area contributed by atoms with E-state index in [0.717, 1.165) is 25.7 Å². The molecule has 1 saturated carbocycles. The SMILES string of the molecule is COC(=O)C1=C(C)N(C2CCCC2)C(=O)/C1=C\c1c(F)cccc1Cl. The summed E-state index contributed by atoms with van der Waals surface area (Å²) in [7, 11) is 1.26. The van der Waals surface area contributed by atoms with E-state index in [1.54, 1.807) is 17.9 Å². The number of carbonyl (C=O) groups is 2. The molecule has 1 aliphatic heterocycles. The Bertz CT molecular complexity index is 774. The second-order valence-electron chi connectivity index (χ2n) is 6.26. The van der Waals surface area contributed by atoms with Gasteiger partial charge in [-0.05, 0) is 38.0 Å². The van der Waals surface area contributed by atoms with Crippen LogP contribution in [0.2, 0.25) is 5.02 Å². The molecule has 1 fully saturated rings. The molecule has 25 heavy (non-hydrogen) atoms. The summed E-state index contributed by atoms with van der Waals surface area (Å²) in [4.78, 5) is 26.9. The summed E-state index contributed by atoms with van der Waals surface area (Å²) in [5, 5.41) is 0.182. The molecule has 1 aromatic rings. The molecule has 1 aliphatic carbocycles. The molecule has 2 aliphatic rings. The largest absolute Gasteiger partial charge is 0.465 e. The smallest absolute Gasteiger partial charge is 0.340 e. The third-order valence-corrected chi connectivity index (χ3v) is 5.14. The Morgan fingerprint density at radius 3 is 2.64 bits per heavy atom. The summed E-state index contributed by atoms with van der Waals surface area (Å²) in [5.41, 5.74) is 0.958. The Labute approximate surface area is 150 Å². The van der Waals surface area contributed by atoms with Crippen LogP contribution in [-0.4, -0.2) is 29.9 Å². The average molecular weight is 364 g/mol. The third-order valence-electron chi connectivity index (χ3n) is 4.81. The van der Waals surface area contributed by atoms with Crippen LogP contribution in [0.5, 0.6) is 0 Å². The van der Waals surface area contributed by atoms with Gasteiger partial charge in [0.1, 0.15) is 5.82 Å². The molecule has 4 nitrogen and oxygen atoms in total. The highest BCUT2D eigenvalue weighted by Crippen LogP contribution is 2.38. The molecule has 0 radical (unpaired) electrons. The van der Waals surface area contributed by atoms with E-state index in [0.29, 0.717) is 5.70 Å². The molecule has 0 spiro atoms. The first-order valence-corrected chi connectivity index (χ1v) is 8.62. The summed E-state index contributed by atoms with van der Waals surface area (Å²) < 4.78 is 19.0. The van der Waals surface area contributed by atoms with E-state index in [-0.39, 0.29) is 33.7 Å². The molecule has 1 heterocycles. The van der Waals surface area contributed by atoms with Crippen molar-refractivity contribution >= 4 is 29.6 Å². The number of carbonyl (C=O) groups excluding carboxylic acids is 2. The number of benzene rings is 1. The van der Waals surface area contributed by atoms with Gasteiger partial charge in [0.05, 0.1) is 23.3 Å². The van der Waals surface area contributed by atoms with Crippen LogP contribution in [0.4, 0.5) is 4.39 Å². The zero-order valence-electron chi connectivity index (χ0n) is 14.1. The van der Waals surface area contributed by atoms with Gasteiger partial charge in [-0.3, -0.25) is 4.79 Å². The number of hydrogen-bond acceptors (Lipinski definition) is 3. The monoisotopic (exact) mass is 363 g/mol. The summed E-state index contributed by atoms with van der Waals surface area (Å²) in [6, 6.07) is 4.36. The predicted octanol–water partition coefficient (Wildman–Crippen LogP) is 4.09. The fourth-order valence-electron chi connectivity index (χ4n) is 3.59. The lowest BCUT2D eigenvalue weighted by atomic mass is 10.0. The van der Waals surface area contributed by atoms with E-state index in [9.17, 15) is 14.0 Å². The Balaban J connectivity index is 2.12. The van der Waals surface area contributed by atoms with Gasteiger partial charge in [0.15, 0.2) is 0 Å². The molecule has 6 heteroatoms. The van der Waals surface area contributed by atoms with E-state index < -0.39 is 11.8 Å². The van der Waals surface area contributed by atoms with Crippen LogP contribution < -0.4 is 0 Å². The van der Waals surface area contributed by atoms with Crippen LogP contribution in [0, 0.1) is 5.82 Å². The first kappa shape index (κ1) is 17.7. The van der Waals surface area contributed by atoms with Crippen molar-refractivity contribution in [3.05, 3.63) is 51.4 Å². The quantitative estimate of drug-likeness (QED) is 0.600. The molecule has 0 bridgehead atoms. The van der Waals surface area contributed by atoms with Crippen LogP contribution in [0.3, 0.4) is 0 Å². The standard InChI is InChI=1S/C19H19ClFNO3/c1-11-17(19(24)25-2)14(10-13-15(20)8-5-9-16(13)21)18(23)22(11)12-6-3-4-7-12/h5,8-10,12H,3-4,6-7H2,1-2H3/b14-10-. The fourth-order valence-corrected chi connectivity index (χ4v) is 3.81. The molecule has 0 aromatic heterocycles. The van der Waals surface area contributed by atoms with Gasteiger partial charge in [0.2, 0.25) is 0 Å². The fraction of sp³-hybridized carbons (Fsp3) is 0.368. The lowest BCUT2D eigenvalue weighted by molar-refractivity contribution is -0.136. The van der Waals surface area contributed by atoms with Crippen LogP contribution in [-0.2, 0) is 14.3 Å². The first-order valence-electron chi connectivity index (χ1n) is 8.24. The summed E-state index contributed by atoms with van der Waals surface area (Å²) in [5.74, 6) is -1.46. The van der Waals surface area contributed by atoms with E-state index >= 15 is 0 Å². The number of amides is 1. The molecule has 0 N–H and O–H groups in total.